The number of hydrogen-bond acceptors (Lipinski definition) is 4. The molecule has 1 saturated carbocycles. The predicted octanol–water partition coefficient (Wildman–Crippen LogP) is 3.58. The predicted molar refractivity (Wildman–Crippen MR) is 95.9 cm³/mol. The number of allylic oxidation sites excluding steroid dienone is 2. The van der Waals surface area contributed by atoms with E-state index in [2.05, 4.69) is 11.4 Å². The number of hydrogen-bond donors (Lipinski definition) is 1. The van der Waals surface area contributed by atoms with E-state index < -0.39 is 11.8 Å². The third-order valence-electron chi connectivity index (χ3n) is 4.77. The zero-order valence-corrected chi connectivity index (χ0v) is 15.3. The maximum absolute atomic E-state index is 12.8. The molecule has 1 amide bonds. The summed E-state index contributed by atoms with van der Waals surface area (Å²) in [5.74, 6) is -2.02. The van der Waals surface area contributed by atoms with Crippen LogP contribution in [-0.2, 0) is 9.59 Å². The maximum Gasteiger partial charge on any atom is 0.249 e. The van der Waals surface area contributed by atoms with Crippen molar-refractivity contribution < 1.29 is 14.3 Å². The number of benzene rings is 1. The van der Waals surface area contributed by atoms with E-state index in [1.165, 1.54) is 7.11 Å². The van der Waals surface area contributed by atoms with Crippen LogP contribution in [0.25, 0.3) is 0 Å². The molecule has 2 rings (SSSR count). The van der Waals surface area contributed by atoms with Crippen molar-refractivity contribution in [3.63, 3.8) is 0 Å². The second-order valence-electron chi connectivity index (χ2n) is 7.22. The van der Waals surface area contributed by atoms with E-state index in [0.717, 1.165) is 5.57 Å². The van der Waals surface area contributed by atoms with Crippen LogP contribution < -0.4 is 10.1 Å². The highest BCUT2D eigenvalue weighted by atomic mass is 16.5. The number of amides is 1. The summed E-state index contributed by atoms with van der Waals surface area (Å²) in [6.45, 7) is 7.94. The first kappa shape index (κ1) is 18.7. The van der Waals surface area contributed by atoms with E-state index in [9.17, 15) is 14.9 Å². The van der Waals surface area contributed by atoms with Gasteiger partial charge in [0.2, 0.25) is 5.91 Å². The van der Waals surface area contributed by atoms with E-state index in [1.54, 1.807) is 24.3 Å². The average Bonchev–Trinajstić information content (AvgIpc) is 3.08. The zero-order valence-electron chi connectivity index (χ0n) is 15.3. The lowest BCUT2D eigenvalue weighted by Gasteiger charge is -2.12. The van der Waals surface area contributed by atoms with Crippen LogP contribution in [0.5, 0.6) is 5.75 Å². The topological polar surface area (TPSA) is 79.2 Å². The molecule has 132 valence electrons. The minimum atomic E-state index is -1.33. The molecule has 0 spiro atoms. The largest absolute Gasteiger partial charge is 0.495 e. The quantitative estimate of drug-likeness (QED) is 0.634. The molecule has 5 nitrogen and oxygen atoms in total. The van der Waals surface area contributed by atoms with Gasteiger partial charge < -0.3 is 10.1 Å². The first-order chi connectivity index (χ1) is 11.7. The van der Waals surface area contributed by atoms with Gasteiger partial charge in [0.15, 0.2) is 11.7 Å². The molecule has 0 radical (unpaired) electrons. The van der Waals surface area contributed by atoms with Crippen molar-refractivity contribution in [2.75, 3.05) is 12.4 Å². The Morgan fingerprint density at radius 1 is 1.32 bits per heavy atom. The number of nitrogens with zero attached hydrogens (tertiary/aromatic N) is 1. The summed E-state index contributed by atoms with van der Waals surface area (Å²) in [6.07, 6.45) is 2.05. The van der Waals surface area contributed by atoms with E-state index in [-0.39, 0.29) is 23.0 Å². The SMILES string of the molecule is COc1ccccc1NC(=O)C(C#N)C(=O)C1C(C=C(C)C)C1(C)C. The molecular weight excluding hydrogens is 316 g/mol. The number of rotatable bonds is 6. The van der Waals surface area contributed by atoms with Crippen LogP contribution in [0.4, 0.5) is 5.69 Å². The fourth-order valence-corrected chi connectivity index (χ4v) is 3.28. The van der Waals surface area contributed by atoms with Crippen molar-refractivity contribution in [2.24, 2.45) is 23.2 Å². The van der Waals surface area contributed by atoms with Crippen LogP contribution in [0.1, 0.15) is 27.7 Å². The number of carbonyl (C=O) groups is 2. The van der Waals surface area contributed by atoms with Gasteiger partial charge in [0.1, 0.15) is 5.75 Å². The van der Waals surface area contributed by atoms with Crippen LogP contribution in [0.2, 0.25) is 0 Å². The van der Waals surface area contributed by atoms with Crippen molar-refractivity contribution in [1.29, 1.82) is 5.26 Å². The van der Waals surface area contributed by atoms with Gasteiger partial charge in [-0.3, -0.25) is 9.59 Å². The van der Waals surface area contributed by atoms with Gasteiger partial charge >= 0.3 is 0 Å². The van der Waals surface area contributed by atoms with Crippen molar-refractivity contribution in [3.05, 3.63) is 35.9 Å². The molecule has 5 heteroatoms. The molecule has 1 N–H and O–H groups in total. The molecule has 1 aromatic carbocycles. The summed E-state index contributed by atoms with van der Waals surface area (Å²) in [5.41, 5.74) is 1.34. The maximum atomic E-state index is 12.8. The summed E-state index contributed by atoms with van der Waals surface area (Å²) in [4.78, 5) is 25.3. The average molecular weight is 340 g/mol. The van der Waals surface area contributed by atoms with Crippen LogP contribution in [0, 0.1) is 34.5 Å². The number of nitrogens with one attached hydrogen (secondary N) is 1. The molecular formula is C20H24N2O3. The van der Waals surface area contributed by atoms with E-state index in [0.29, 0.717) is 11.4 Å². The molecule has 0 aromatic heterocycles. The Morgan fingerprint density at radius 2 is 1.96 bits per heavy atom. The van der Waals surface area contributed by atoms with Gasteiger partial charge in [0.05, 0.1) is 18.9 Å². The van der Waals surface area contributed by atoms with Gasteiger partial charge in [0, 0.05) is 5.92 Å². The second-order valence-corrected chi connectivity index (χ2v) is 7.22. The summed E-state index contributed by atoms with van der Waals surface area (Å²) in [6, 6.07) is 8.76. The highest BCUT2D eigenvalue weighted by Crippen LogP contribution is 2.60. The number of carbonyl (C=O) groups excluding carboxylic acids is 2. The highest BCUT2D eigenvalue weighted by molar-refractivity contribution is 6.11. The van der Waals surface area contributed by atoms with Crippen LogP contribution in [0.15, 0.2) is 35.9 Å². The van der Waals surface area contributed by atoms with Crippen molar-refractivity contribution in [1.82, 2.24) is 0 Å². The summed E-state index contributed by atoms with van der Waals surface area (Å²) >= 11 is 0. The lowest BCUT2D eigenvalue weighted by Crippen LogP contribution is -2.30. The molecule has 25 heavy (non-hydrogen) atoms. The number of anilines is 1. The Kier molecular flexibility index (Phi) is 5.32. The van der Waals surface area contributed by atoms with Gasteiger partial charge in [0.25, 0.3) is 0 Å². The molecule has 0 bridgehead atoms. The molecule has 0 aliphatic heterocycles. The third kappa shape index (κ3) is 3.74. The Morgan fingerprint density at radius 3 is 2.52 bits per heavy atom. The molecule has 1 aromatic rings. The van der Waals surface area contributed by atoms with E-state index in [1.807, 2.05) is 33.8 Å². The first-order valence-corrected chi connectivity index (χ1v) is 8.26. The lowest BCUT2D eigenvalue weighted by atomic mass is 9.96. The summed E-state index contributed by atoms with van der Waals surface area (Å²) in [7, 11) is 1.49. The van der Waals surface area contributed by atoms with Gasteiger partial charge in [-0.25, -0.2) is 0 Å². The molecule has 0 saturated heterocycles. The number of methoxy groups -OCH3 is 1. The molecule has 0 heterocycles. The van der Waals surface area contributed by atoms with Gasteiger partial charge in [-0.15, -0.1) is 0 Å². The molecule has 1 aliphatic carbocycles. The van der Waals surface area contributed by atoms with Gasteiger partial charge in [-0.1, -0.05) is 37.6 Å². The van der Waals surface area contributed by atoms with Gasteiger partial charge in [-0.2, -0.15) is 5.26 Å². The van der Waals surface area contributed by atoms with Crippen molar-refractivity contribution in [2.45, 2.75) is 27.7 Å². The number of nitriles is 1. The number of ketones is 1. The molecule has 3 unspecified atom stereocenters. The first-order valence-electron chi connectivity index (χ1n) is 8.26. The Balaban J connectivity index is 2.17. The van der Waals surface area contributed by atoms with E-state index >= 15 is 0 Å². The minimum absolute atomic E-state index is 0.0694. The lowest BCUT2D eigenvalue weighted by molar-refractivity contribution is -0.130. The van der Waals surface area contributed by atoms with E-state index in [4.69, 9.17) is 4.74 Å². The summed E-state index contributed by atoms with van der Waals surface area (Å²) < 4.78 is 5.18. The standard InChI is InChI=1S/C20H24N2O3/c1-12(2)10-14-17(20(14,3)4)18(23)13(11-21)19(24)22-15-8-6-7-9-16(15)25-5/h6-10,13-14,17H,1-5H3,(H,22,24). The normalized spacial score (nSPS) is 21.4. The van der Waals surface area contributed by atoms with Crippen LogP contribution >= 0.6 is 0 Å². The number of Topliss-reactive ketones (excluding diaryl/α,β-unsaturated/α-hetero) is 1. The highest BCUT2D eigenvalue weighted by Gasteiger charge is 2.61. The molecule has 3 atom stereocenters. The van der Waals surface area contributed by atoms with Crippen molar-refractivity contribution in [3.8, 4) is 11.8 Å². The smallest absolute Gasteiger partial charge is 0.249 e. The zero-order chi connectivity index (χ0) is 18.8. The van der Waals surface area contributed by atoms with Crippen LogP contribution in [0.3, 0.4) is 0 Å². The fraction of sp³-hybridized carbons (Fsp3) is 0.450. The molecule has 1 fully saturated rings. The fourth-order valence-electron chi connectivity index (χ4n) is 3.28. The van der Waals surface area contributed by atoms with Crippen molar-refractivity contribution >= 4 is 17.4 Å². The molecule has 1 aliphatic rings. The van der Waals surface area contributed by atoms with Crippen LogP contribution in [-0.4, -0.2) is 18.8 Å². The monoisotopic (exact) mass is 340 g/mol. The van der Waals surface area contributed by atoms with Gasteiger partial charge in [-0.05, 0) is 37.3 Å². The number of ether oxygens (including phenoxy) is 1. The number of para-hydroxylation sites is 2. The minimum Gasteiger partial charge on any atom is -0.495 e. The second kappa shape index (κ2) is 7.10. The summed E-state index contributed by atoms with van der Waals surface area (Å²) in [5, 5.41) is 12.0. The Labute approximate surface area is 148 Å². The Bertz CT molecular complexity index is 754. The Hall–Kier alpha value is -2.61. The third-order valence-corrected chi connectivity index (χ3v) is 4.77.